The summed E-state index contributed by atoms with van der Waals surface area (Å²) in [5.41, 5.74) is 13.8. The molecule has 0 heterocycles. The molecule has 0 aromatic heterocycles. The van der Waals surface area contributed by atoms with Gasteiger partial charge in [0.1, 0.15) is 0 Å². The van der Waals surface area contributed by atoms with E-state index in [9.17, 15) is 0 Å². The Balaban J connectivity index is 2.97. The average Bonchev–Trinajstić information content (AvgIpc) is 2.48. The average molecular weight is 311 g/mol. The van der Waals surface area contributed by atoms with Crippen LogP contribution in [0.3, 0.4) is 0 Å². The second-order valence-corrected chi connectivity index (χ2v) is 5.89. The van der Waals surface area contributed by atoms with Crippen molar-refractivity contribution in [1.82, 2.24) is 0 Å². The van der Waals surface area contributed by atoms with Crippen LogP contribution in [0.15, 0.2) is 71.0 Å². The fraction of sp³-hybridized carbons (Fsp3) is 0.250. The first-order valence-electron chi connectivity index (χ1n) is 7.36. The van der Waals surface area contributed by atoms with Crippen LogP contribution in [0.1, 0.15) is 31.9 Å². The number of benzene rings is 1. The molecule has 0 saturated carbocycles. The standard InChI is InChI=1S/C20H25NS/c1-14(10-11-22)16(3)12-17(4)20(21)18(5)13-19-9-7-6-8-15(19)2/h6-12H,5,13,21H2,1-4H3. The number of allylic oxidation sites excluding steroid dienone is 6. The molecule has 1 aromatic rings. The minimum absolute atomic E-state index is 0.762. The quantitative estimate of drug-likeness (QED) is 0.443. The van der Waals surface area contributed by atoms with Crippen molar-refractivity contribution in [3.8, 4) is 0 Å². The van der Waals surface area contributed by atoms with E-state index in [1.54, 1.807) is 5.37 Å². The van der Waals surface area contributed by atoms with Gasteiger partial charge in [-0.15, -0.1) is 0 Å². The van der Waals surface area contributed by atoms with Crippen LogP contribution in [0.2, 0.25) is 0 Å². The number of thiocarbonyl (C=S) groups is 1. The lowest BCUT2D eigenvalue weighted by molar-refractivity contribution is 1.09. The monoisotopic (exact) mass is 311 g/mol. The smallest absolute Gasteiger partial charge is 0.0373 e. The molecule has 2 N–H and O–H groups in total. The van der Waals surface area contributed by atoms with E-state index in [-0.39, 0.29) is 0 Å². The minimum Gasteiger partial charge on any atom is -0.398 e. The highest BCUT2D eigenvalue weighted by Crippen LogP contribution is 2.19. The third-order valence-corrected chi connectivity index (χ3v) is 3.98. The zero-order valence-corrected chi connectivity index (χ0v) is 14.8. The largest absolute Gasteiger partial charge is 0.398 e. The Morgan fingerprint density at radius 3 is 2.41 bits per heavy atom. The number of rotatable bonds is 6. The van der Waals surface area contributed by atoms with E-state index in [4.69, 9.17) is 18.0 Å². The van der Waals surface area contributed by atoms with Crippen molar-refractivity contribution in [1.29, 1.82) is 0 Å². The maximum absolute atomic E-state index is 6.27. The molecule has 0 aliphatic rings. The van der Waals surface area contributed by atoms with Crippen LogP contribution in [-0.2, 0) is 6.42 Å². The summed E-state index contributed by atoms with van der Waals surface area (Å²) in [5.74, 6) is 0. The molecule has 0 spiro atoms. The van der Waals surface area contributed by atoms with Crippen molar-refractivity contribution in [2.75, 3.05) is 0 Å². The maximum Gasteiger partial charge on any atom is 0.0373 e. The van der Waals surface area contributed by atoms with Gasteiger partial charge >= 0.3 is 0 Å². The molecule has 0 bridgehead atoms. The maximum atomic E-state index is 6.27. The number of hydrogen-bond acceptors (Lipinski definition) is 2. The Labute approximate surface area is 139 Å². The van der Waals surface area contributed by atoms with E-state index in [0.29, 0.717) is 0 Å². The summed E-state index contributed by atoms with van der Waals surface area (Å²) >= 11 is 4.86. The predicted molar refractivity (Wildman–Crippen MR) is 102 cm³/mol. The summed E-state index contributed by atoms with van der Waals surface area (Å²) in [5, 5.41) is 1.63. The molecule has 0 saturated heterocycles. The van der Waals surface area contributed by atoms with Gasteiger partial charge in [-0.3, -0.25) is 0 Å². The van der Waals surface area contributed by atoms with Crippen LogP contribution < -0.4 is 5.73 Å². The Morgan fingerprint density at radius 2 is 1.82 bits per heavy atom. The fourth-order valence-electron chi connectivity index (χ4n) is 2.16. The van der Waals surface area contributed by atoms with E-state index in [0.717, 1.165) is 34.4 Å². The van der Waals surface area contributed by atoms with Gasteiger partial charge < -0.3 is 5.73 Å². The second-order valence-electron chi connectivity index (χ2n) is 5.62. The number of aryl methyl sites for hydroxylation is 1. The Hall–Kier alpha value is -1.93. The van der Waals surface area contributed by atoms with Gasteiger partial charge in [0, 0.05) is 11.1 Å². The molecule has 0 radical (unpaired) electrons. The van der Waals surface area contributed by atoms with Crippen molar-refractivity contribution in [2.24, 2.45) is 5.73 Å². The highest BCUT2D eigenvalue weighted by Gasteiger charge is 2.05. The van der Waals surface area contributed by atoms with E-state index in [1.165, 1.54) is 11.1 Å². The Morgan fingerprint density at radius 1 is 1.18 bits per heavy atom. The molecule has 116 valence electrons. The van der Waals surface area contributed by atoms with Crippen LogP contribution in [0, 0.1) is 6.92 Å². The van der Waals surface area contributed by atoms with E-state index in [1.807, 2.05) is 32.1 Å². The van der Waals surface area contributed by atoms with Crippen molar-refractivity contribution < 1.29 is 0 Å². The number of hydrogen-bond donors (Lipinski definition) is 1. The van der Waals surface area contributed by atoms with Crippen molar-refractivity contribution in [3.63, 3.8) is 0 Å². The topological polar surface area (TPSA) is 26.0 Å². The first-order chi connectivity index (χ1) is 10.4. The van der Waals surface area contributed by atoms with Gasteiger partial charge in [-0.2, -0.15) is 0 Å². The van der Waals surface area contributed by atoms with Gasteiger partial charge in [-0.1, -0.05) is 49.1 Å². The SMILES string of the molecule is C=C(Cc1ccccc1C)C(N)=C(C)C=C(C)C(C)=CC=S. The molecule has 1 aromatic carbocycles. The molecule has 0 aliphatic carbocycles. The molecule has 22 heavy (non-hydrogen) atoms. The van der Waals surface area contributed by atoms with Gasteiger partial charge in [-0.25, -0.2) is 0 Å². The van der Waals surface area contributed by atoms with E-state index >= 15 is 0 Å². The molecule has 2 heteroatoms. The molecule has 0 atom stereocenters. The zero-order valence-electron chi connectivity index (χ0n) is 13.9. The van der Waals surface area contributed by atoms with Crippen molar-refractivity contribution in [3.05, 3.63) is 82.1 Å². The molecule has 0 unspecified atom stereocenters. The summed E-state index contributed by atoms with van der Waals surface area (Å²) in [7, 11) is 0. The second kappa shape index (κ2) is 8.50. The fourth-order valence-corrected chi connectivity index (χ4v) is 2.37. The summed E-state index contributed by atoms with van der Waals surface area (Å²) in [6.07, 6.45) is 4.79. The predicted octanol–water partition coefficient (Wildman–Crippen LogP) is 5.22. The minimum atomic E-state index is 0.762. The summed E-state index contributed by atoms with van der Waals surface area (Å²) < 4.78 is 0. The van der Waals surface area contributed by atoms with Crippen LogP contribution in [0.4, 0.5) is 0 Å². The van der Waals surface area contributed by atoms with Crippen molar-refractivity contribution in [2.45, 2.75) is 34.1 Å². The molecule has 0 aliphatic heterocycles. The molecular weight excluding hydrogens is 286 g/mol. The highest BCUT2D eigenvalue weighted by molar-refractivity contribution is 7.79. The molecule has 0 fully saturated rings. The van der Waals surface area contributed by atoms with Crippen molar-refractivity contribution >= 4 is 17.6 Å². The third-order valence-electron chi connectivity index (χ3n) is 3.84. The molecule has 1 rings (SSSR count). The zero-order chi connectivity index (χ0) is 16.7. The first-order valence-corrected chi connectivity index (χ1v) is 7.83. The molecule has 1 nitrogen and oxygen atoms in total. The Kier molecular flexibility index (Phi) is 7.00. The van der Waals surface area contributed by atoms with Gasteiger partial charge in [0.05, 0.1) is 0 Å². The van der Waals surface area contributed by atoms with Crippen LogP contribution in [0.25, 0.3) is 0 Å². The lowest BCUT2D eigenvalue weighted by Gasteiger charge is -2.11. The molecule has 0 amide bonds. The number of nitrogens with two attached hydrogens (primary N) is 1. The van der Waals surface area contributed by atoms with E-state index < -0.39 is 0 Å². The molecular formula is C20H25NS. The summed E-state index contributed by atoms with van der Waals surface area (Å²) in [6, 6.07) is 8.32. The van der Waals surface area contributed by atoms with Gasteiger partial charge in [-0.05, 0) is 73.6 Å². The normalized spacial score (nSPS) is 13.6. The van der Waals surface area contributed by atoms with Crippen LogP contribution in [0.5, 0.6) is 0 Å². The first kappa shape index (κ1) is 18.1. The van der Waals surface area contributed by atoms with Crippen LogP contribution in [-0.4, -0.2) is 5.37 Å². The van der Waals surface area contributed by atoms with Crippen LogP contribution >= 0.6 is 12.2 Å². The van der Waals surface area contributed by atoms with Gasteiger partial charge in [0.2, 0.25) is 0 Å². The van der Waals surface area contributed by atoms with Gasteiger partial charge in [0.15, 0.2) is 0 Å². The Bertz CT molecular complexity index is 660. The lowest BCUT2D eigenvalue weighted by atomic mass is 9.97. The summed E-state index contributed by atoms with van der Waals surface area (Å²) in [6.45, 7) is 12.4. The van der Waals surface area contributed by atoms with Gasteiger partial charge in [0.25, 0.3) is 0 Å². The lowest BCUT2D eigenvalue weighted by Crippen LogP contribution is -2.06. The highest BCUT2D eigenvalue weighted by atomic mass is 32.1. The van der Waals surface area contributed by atoms with E-state index in [2.05, 4.69) is 38.6 Å². The summed E-state index contributed by atoms with van der Waals surface area (Å²) in [4.78, 5) is 0. The third kappa shape index (κ3) is 5.12.